The zero-order chi connectivity index (χ0) is 13.8. The molecule has 0 radical (unpaired) electrons. The van der Waals surface area contributed by atoms with Crippen LogP contribution in [0.25, 0.3) is 0 Å². The van der Waals surface area contributed by atoms with Gasteiger partial charge in [0, 0.05) is 12.7 Å². The van der Waals surface area contributed by atoms with Crippen molar-refractivity contribution < 1.29 is 14.2 Å². The van der Waals surface area contributed by atoms with Gasteiger partial charge in [-0.05, 0) is 29.8 Å². The van der Waals surface area contributed by atoms with Gasteiger partial charge >= 0.3 is 0 Å². The van der Waals surface area contributed by atoms with Crippen LogP contribution in [0.4, 0.5) is 0 Å². The minimum Gasteiger partial charge on any atom is -0.454 e. The molecule has 2 aromatic rings. The Morgan fingerprint density at radius 2 is 2.10 bits per heavy atom. The molecule has 2 heterocycles. The SMILES string of the molecule is NCC(OCc1ccc2c(c1)OCO2)c1ccccn1. The number of hydrogen-bond acceptors (Lipinski definition) is 5. The summed E-state index contributed by atoms with van der Waals surface area (Å²) in [4.78, 5) is 4.27. The van der Waals surface area contributed by atoms with E-state index in [0.717, 1.165) is 22.8 Å². The first-order valence-electron chi connectivity index (χ1n) is 6.48. The molecule has 0 saturated carbocycles. The van der Waals surface area contributed by atoms with Crippen LogP contribution in [0.15, 0.2) is 42.6 Å². The molecule has 1 aromatic carbocycles. The highest BCUT2D eigenvalue weighted by Gasteiger charge is 2.15. The van der Waals surface area contributed by atoms with E-state index in [2.05, 4.69) is 4.98 Å². The molecule has 104 valence electrons. The van der Waals surface area contributed by atoms with Gasteiger partial charge in [-0.15, -0.1) is 0 Å². The fourth-order valence-corrected chi connectivity index (χ4v) is 2.07. The second-order valence-corrected chi connectivity index (χ2v) is 4.48. The molecule has 1 aliphatic heterocycles. The molecule has 3 rings (SSSR count). The number of ether oxygens (including phenoxy) is 3. The number of hydrogen-bond donors (Lipinski definition) is 1. The van der Waals surface area contributed by atoms with Crippen molar-refractivity contribution in [2.45, 2.75) is 12.7 Å². The molecule has 0 bridgehead atoms. The zero-order valence-electron chi connectivity index (χ0n) is 11.0. The highest BCUT2D eigenvalue weighted by atomic mass is 16.7. The maximum Gasteiger partial charge on any atom is 0.231 e. The lowest BCUT2D eigenvalue weighted by Crippen LogP contribution is -2.16. The third-order valence-electron chi connectivity index (χ3n) is 3.12. The first-order valence-corrected chi connectivity index (χ1v) is 6.48. The van der Waals surface area contributed by atoms with Crippen LogP contribution in [0.5, 0.6) is 11.5 Å². The summed E-state index contributed by atoms with van der Waals surface area (Å²) in [5.74, 6) is 1.53. The lowest BCUT2D eigenvalue weighted by molar-refractivity contribution is 0.0428. The first-order chi connectivity index (χ1) is 9.86. The van der Waals surface area contributed by atoms with Crippen molar-refractivity contribution in [2.24, 2.45) is 5.73 Å². The number of pyridine rings is 1. The highest BCUT2D eigenvalue weighted by Crippen LogP contribution is 2.33. The molecule has 5 nitrogen and oxygen atoms in total. The number of rotatable bonds is 5. The van der Waals surface area contributed by atoms with Crippen LogP contribution in [-0.4, -0.2) is 18.3 Å². The maximum atomic E-state index is 5.84. The van der Waals surface area contributed by atoms with Crippen LogP contribution in [0, 0.1) is 0 Å². The molecular weight excluding hydrogens is 256 g/mol. The van der Waals surface area contributed by atoms with Gasteiger partial charge in [0.15, 0.2) is 11.5 Å². The molecule has 20 heavy (non-hydrogen) atoms. The Balaban J connectivity index is 1.66. The van der Waals surface area contributed by atoms with Crippen molar-refractivity contribution >= 4 is 0 Å². The van der Waals surface area contributed by atoms with Crippen molar-refractivity contribution in [1.82, 2.24) is 4.98 Å². The molecule has 5 heteroatoms. The molecule has 1 aliphatic rings. The van der Waals surface area contributed by atoms with Gasteiger partial charge in [-0.25, -0.2) is 0 Å². The summed E-state index contributed by atoms with van der Waals surface area (Å²) in [5.41, 5.74) is 7.61. The molecule has 1 aromatic heterocycles. The monoisotopic (exact) mass is 272 g/mol. The summed E-state index contributed by atoms with van der Waals surface area (Å²) in [6.07, 6.45) is 1.53. The van der Waals surface area contributed by atoms with Gasteiger partial charge in [0.05, 0.1) is 12.3 Å². The fraction of sp³-hybridized carbons (Fsp3) is 0.267. The van der Waals surface area contributed by atoms with Gasteiger partial charge in [0.25, 0.3) is 0 Å². The summed E-state index contributed by atoms with van der Waals surface area (Å²) in [5, 5.41) is 0. The van der Waals surface area contributed by atoms with Crippen molar-refractivity contribution in [3.05, 3.63) is 53.9 Å². The van der Waals surface area contributed by atoms with Gasteiger partial charge in [-0.2, -0.15) is 0 Å². The third-order valence-corrected chi connectivity index (χ3v) is 3.12. The minimum atomic E-state index is -0.207. The Kier molecular flexibility index (Phi) is 3.80. The van der Waals surface area contributed by atoms with E-state index in [4.69, 9.17) is 19.9 Å². The van der Waals surface area contributed by atoms with Gasteiger partial charge in [-0.1, -0.05) is 12.1 Å². The fourth-order valence-electron chi connectivity index (χ4n) is 2.07. The van der Waals surface area contributed by atoms with Crippen LogP contribution in [0.3, 0.4) is 0 Å². The van der Waals surface area contributed by atoms with E-state index in [1.165, 1.54) is 0 Å². The largest absolute Gasteiger partial charge is 0.454 e. The molecule has 2 N–H and O–H groups in total. The van der Waals surface area contributed by atoms with Gasteiger partial charge in [-0.3, -0.25) is 4.98 Å². The average molecular weight is 272 g/mol. The summed E-state index contributed by atoms with van der Waals surface area (Å²) < 4.78 is 16.5. The summed E-state index contributed by atoms with van der Waals surface area (Å²) in [7, 11) is 0. The number of nitrogens with two attached hydrogens (primary N) is 1. The van der Waals surface area contributed by atoms with E-state index in [-0.39, 0.29) is 12.9 Å². The third kappa shape index (κ3) is 2.74. The van der Waals surface area contributed by atoms with E-state index in [0.29, 0.717) is 13.2 Å². The Morgan fingerprint density at radius 3 is 2.90 bits per heavy atom. The predicted molar refractivity (Wildman–Crippen MR) is 73.4 cm³/mol. The van der Waals surface area contributed by atoms with E-state index in [1.54, 1.807) is 6.20 Å². The quantitative estimate of drug-likeness (QED) is 0.902. The minimum absolute atomic E-state index is 0.207. The van der Waals surface area contributed by atoms with E-state index < -0.39 is 0 Å². The molecule has 1 atom stereocenters. The van der Waals surface area contributed by atoms with Gasteiger partial charge in [0.1, 0.15) is 6.10 Å². The van der Waals surface area contributed by atoms with E-state index in [9.17, 15) is 0 Å². The second-order valence-electron chi connectivity index (χ2n) is 4.48. The smallest absolute Gasteiger partial charge is 0.231 e. The van der Waals surface area contributed by atoms with Crippen molar-refractivity contribution in [3.63, 3.8) is 0 Å². The number of benzene rings is 1. The molecular formula is C15H16N2O3. The summed E-state index contributed by atoms with van der Waals surface area (Å²) in [6.45, 7) is 1.12. The van der Waals surface area contributed by atoms with Crippen LogP contribution < -0.4 is 15.2 Å². The van der Waals surface area contributed by atoms with Crippen LogP contribution in [0.2, 0.25) is 0 Å². The van der Waals surface area contributed by atoms with E-state index in [1.807, 2.05) is 36.4 Å². The topological polar surface area (TPSA) is 66.6 Å². The Morgan fingerprint density at radius 1 is 1.20 bits per heavy atom. The van der Waals surface area contributed by atoms with Crippen molar-refractivity contribution in [3.8, 4) is 11.5 Å². The van der Waals surface area contributed by atoms with Gasteiger partial charge in [0.2, 0.25) is 6.79 Å². The zero-order valence-corrected chi connectivity index (χ0v) is 11.0. The van der Waals surface area contributed by atoms with E-state index >= 15 is 0 Å². The molecule has 0 spiro atoms. The standard InChI is InChI=1S/C15H16N2O3/c16-8-15(12-3-1-2-6-17-12)18-9-11-4-5-13-14(7-11)20-10-19-13/h1-7,15H,8-10,16H2. The van der Waals surface area contributed by atoms with Gasteiger partial charge < -0.3 is 19.9 Å². The lowest BCUT2D eigenvalue weighted by atomic mass is 10.2. The predicted octanol–water partition coefficient (Wildman–Crippen LogP) is 2.03. The summed E-state index contributed by atoms with van der Waals surface area (Å²) in [6, 6.07) is 11.5. The molecule has 0 amide bonds. The average Bonchev–Trinajstić information content (AvgIpc) is 2.96. The highest BCUT2D eigenvalue weighted by molar-refractivity contribution is 5.44. The van der Waals surface area contributed by atoms with Crippen molar-refractivity contribution in [1.29, 1.82) is 0 Å². The Labute approximate surface area is 117 Å². The van der Waals surface area contributed by atoms with Crippen LogP contribution in [-0.2, 0) is 11.3 Å². The van der Waals surface area contributed by atoms with Crippen LogP contribution >= 0.6 is 0 Å². The molecule has 1 unspecified atom stereocenters. The first kappa shape index (κ1) is 12.9. The Bertz CT molecular complexity index is 575. The Hall–Kier alpha value is -2.11. The summed E-state index contributed by atoms with van der Waals surface area (Å²) >= 11 is 0. The number of nitrogens with zero attached hydrogens (tertiary/aromatic N) is 1. The number of fused-ring (bicyclic) bond motifs is 1. The molecule has 0 fully saturated rings. The molecule has 0 aliphatic carbocycles. The maximum absolute atomic E-state index is 5.84. The van der Waals surface area contributed by atoms with Crippen LogP contribution in [0.1, 0.15) is 17.4 Å². The number of aromatic nitrogens is 1. The molecule has 0 saturated heterocycles. The lowest BCUT2D eigenvalue weighted by Gasteiger charge is -2.15. The second kappa shape index (κ2) is 5.90. The van der Waals surface area contributed by atoms with Crippen molar-refractivity contribution in [2.75, 3.05) is 13.3 Å². The normalized spacial score (nSPS) is 14.2.